The van der Waals surface area contributed by atoms with E-state index in [9.17, 15) is 13.0 Å². The maximum absolute atomic E-state index is 11.4. The predicted octanol–water partition coefficient (Wildman–Crippen LogP) is 2.28. The molecule has 0 unspecified atom stereocenters. The van der Waals surface area contributed by atoms with Crippen LogP contribution in [0.2, 0.25) is 0 Å². The number of nitrogens with two attached hydrogens (primary N) is 1. The fourth-order valence-corrected chi connectivity index (χ4v) is 3.39. The summed E-state index contributed by atoms with van der Waals surface area (Å²) in [6.45, 7) is 2.70. The zero-order valence-corrected chi connectivity index (χ0v) is 12.9. The van der Waals surface area contributed by atoms with Gasteiger partial charge in [-0.25, -0.2) is 0 Å². The van der Waals surface area contributed by atoms with E-state index in [0.717, 1.165) is 25.7 Å². The molecule has 0 aromatic heterocycles. The molecule has 0 aliphatic heterocycles. The molecule has 0 bridgehead atoms. The summed E-state index contributed by atoms with van der Waals surface area (Å²) in [5, 5.41) is 3.20. The van der Waals surface area contributed by atoms with Crippen LogP contribution in [0.15, 0.2) is 23.1 Å². The molecular formula is C14H22N2O4S. The van der Waals surface area contributed by atoms with Gasteiger partial charge in [-0.1, -0.05) is 0 Å². The molecule has 0 radical (unpaired) electrons. The molecule has 1 aromatic carbocycles. The Hall–Kier alpha value is -1.31. The van der Waals surface area contributed by atoms with Crippen LogP contribution >= 0.6 is 0 Å². The molecule has 0 amide bonds. The number of hydrogen-bond donors (Lipinski definition) is 3. The van der Waals surface area contributed by atoms with Crippen molar-refractivity contribution in [3.05, 3.63) is 18.2 Å². The normalized spacial score (nSPS) is 23.0. The van der Waals surface area contributed by atoms with Gasteiger partial charge in [-0.3, -0.25) is 4.55 Å². The van der Waals surface area contributed by atoms with Gasteiger partial charge in [0.25, 0.3) is 10.1 Å². The first-order valence-corrected chi connectivity index (χ1v) is 8.59. The van der Waals surface area contributed by atoms with E-state index in [4.69, 9.17) is 10.5 Å². The number of ether oxygens (including phenoxy) is 1. The summed E-state index contributed by atoms with van der Waals surface area (Å²) >= 11 is 0. The lowest BCUT2D eigenvalue weighted by molar-refractivity contribution is 0.0346. The summed E-state index contributed by atoms with van der Waals surface area (Å²) in [7, 11) is -4.29. The van der Waals surface area contributed by atoms with Gasteiger partial charge in [-0.05, 0) is 50.8 Å². The van der Waals surface area contributed by atoms with E-state index < -0.39 is 10.1 Å². The average molecular weight is 314 g/mol. The molecule has 1 fully saturated rings. The summed E-state index contributed by atoms with van der Waals surface area (Å²) in [6, 6.07) is 4.64. The van der Waals surface area contributed by atoms with E-state index in [0.29, 0.717) is 24.1 Å². The standard InChI is InChI=1S/C14H22N2O4S/c1-2-20-12-6-4-11(5-7-12)16-13-8-3-10(15)9-14(13)21(17,18)19/h3,8-9,11-12,16H,2,4-7,15H2,1H3,(H,17,18,19). The van der Waals surface area contributed by atoms with Crippen molar-refractivity contribution in [3.63, 3.8) is 0 Å². The molecule has 0 heterocycles. The van der Waals surface area contributed by atoms with Crippen LogP contribution in [0.4, 0.5) is 11.4 Å². The SMILES string of the molecule is CCOC1CCC(Nc2ccc(N)cc2S(=O)(=O)O)CC1. The van der Waals surface area contributed by atoms with Gasteiger partial charge in [0.1, 0.15) is 4.90 Å². The molecule has 1 aromatic rings. The lowest BCUT2D eigenvalue weighted by atomic mass is 9.93. The first-order valence-electron chi connectivity index (χ1n) is 7.15. The van der Waals surface area contributed by atoms with Crippen molar-refractivity contribution < 1.29 is 17.7 Å². The van der Waals surface area contributed by atoms with Crippen molar-refractivity contribution in [1.82, 2.24) is 0 Å². The van der Waals surface area contributed by atoms with Gasteiger partial charge in [0, 0.05) is 18.3 Å². The molecule has 118 valence electrons. The van der Waals surface area contributed by atoms with E-state index in [1.807, 2.05) is 6.92 Å². The van der Waals surface area contributed by atoms with Crippen molar-refractivity contribution in [2.75, 3.05) is 17.7 Å². The Bertz CT molecular complexity index is 581. The summed E-state index contributed by atoms with van der Waals surface area (Å²) in [5.41, 5.74) is 6.28. The maximum atomic E-state index is 11.4. The Balaban J connectivity index is 2.07. The second-order valence-electron chi connectivity index (χ2n) is 5.30. The third kappa shape index (κ3) is 4.33. The molecule has 6 nitrogen and oxygen atoms in total. The van der Waals surface area contributed by atoms with Crippen LogP contribution in [0.5, 0.6) is 0 Å². The van der Waals surface area contributed by atoms with Crippen molar-refractivity contribution in [2.45, 2.75) is 49.6 Å². The van der Waals surface area contributed by atoms with E-state index >= 15 is 0 Å². The molecule has 0 atom stereocenters. The van der Waals surface area contributed by atoms with Crippen molar-refractivity contribution in [2.24, 2.45) is 0 Å². The number of anilines is 2. The quantitative estimate of drug-likeness (QED) is 0.569. The van der Waals surface area contributed by atoms with Gasteiger partial charge in [-0.15, -0.1) is 0 Å². The zero-order chi connectivity index (χ0) is 15.5. The van der Waals surface area contributed by atoms with Crippen LogP contribution in [-0.4, -0.2) is 31.7 Å². The van der Waals surface area contributed by atoms with Crippen LogP contribution in [-0.2, 0) is 14.9 Å². The highest BCUT2D eigenvalue weighted by molar-refractivity contribution is 7.86. The van der Waals surface area contributed by atoms with E-state index in [-0.39, 0.29) is 10.9 Å². The fraction of sp³-hybridized carbons (Fsp3) is 0.571. The number of benzene rings is 1. The van der Waals surface area contributed by atoms with Crippen LogP contribution < -0.4 is 11.1 Å². The Morgan fingerprint density at radius 3 is 2.57 bits per heavy atom. The molecule has 0 spiro atoms. The maximum Gasteiger partial charge on any atom is 0.296 e. The third-order valence-corrected chi connectivity index (χ3v) is 4.61. The summed E-state index contributed by atoms with van der Waals surface area (Å²) in [4.78, 5) is -0.172. The summed E-state index contributed by atoms with van der Waals surface area (Å²) in [5.74, 6) is 0. The molecular weight excluding hydrogens is 292 g/mol. The third-order valence-electron chi connectivity index (χ3n) is 3.72. The molecule has 4 N–H and O–H groups in total. The summed E-state index contributed by atoms with van der Waals surface area (Å²) in [6.07, 6.45) is 3.99. The van der Waals surface area contributed by atoms with Gasteiger partial charge in [0.2, 0.25) is 0 Å². The molecule has 2 rings (SSSR count). The Kier molecular flexibility index (Phi) is 5.08. The highest BCUT2D eigenvalue weighted by Gasteiger charge is 2.23. The van der Waals surface area contributed by atoms with Gasteiger partial charge < -0.3 is 15.8 Å². The molecule has 21 heavy (non-hydrogen) atoms. The largest absolute Gasteiger partial charge is 0.399 e. The summed E-state index contributed by atoms with van der Waals surface area (Å²) < 4.78 is 37.7. The van der Waals surface area contributed by atoms with Crippen molar-refractivity contribution in [3.8, 4) is 0 Å². The van der Waals surface area contributed by atoms with Gasteiger partial charge in [0.05, 0.1) is 11.8 Å². The van der Waals surface area contributed by atoms with Crippen LogP contribution in [0, 0.1) is 0 Å². The minimum absolute atomic E-state index is 0.172. The smallest absolute Gasteiger partial charge is 0.296 e. The monoisotopic (exact) mass is 314 g/mol. The first-order chi connectivity index (χ1) is 9.90. The molecule has 7 heteroatoms. The van der Waals surface area contributed by atoms with Gasteiger partial charge in [-0.2, -0.15) is 8.42 Å². The minimum Gasteiger partial charge on any atom is -0.399 e. The van der Waals surface area contributed by atoms with E-state index in [1.54, 1.807) is 12.1 Å². The van der Waals surface area contributed by atoms with E-state index in [2.05, 4.69) is 5.32 Å². The zero-order valence-electron chi connectivity index (χ0n) is 12.1. The molecule has 1 aliphatic carbocycles. The van der Waals surface area contributed by atoms with E-state index in [1.165, 1.54) is 6.07 Å². The van der Waals surface area contributed by atoms with Gasteiger partial charge in [0.15, 0.2) is 0 Å². The molecule has 0 saturated heterocycles. The topological polar surface area (TPSA) is 102 Å². The van der Waals surface area contributed by atoms with Crippen LogP contribution in [0.3, 0.4) is 0 Å². The fourth-order valence-electron chi connectivity index (χ4n) is 2.70. The second-order valence-corrected chi connectivity index (χ2v) is 6.69. The second kappa shape index (κ2) is 6.64. The van der Waals surface area contributed by atoms with Crippen molar-refractivity contribution in [1.29, 1.82) is 0 Å². The Labute approximate surface area is 125 Å². The van der Waals surface area contributed by atoms with Crippen LogP contribution in [0.25, 0.3) is 0 Å². The Morgan fingerprint density at radius 2 is 2.00 bits per heavy atom. The lowest BCUT2D eigenvalue weighted by Crippen LogP contribution is -2.30. The first kappa shape index (κ1) is 16.1. The van der Waals surface area contributed by atoms with Gasteiger partial charge >= 0.3 is 0 Å². The predicted molar refractivity (Wildman–Crippen MR) is 82.0 cm³/mol. The minimum atomic E-state index is -4.29. The Morgan fingerprint density at radius 1 is 1.33 bits per heavy atom. The van der Waals surface area contributed by atoms with Crippen LogP contribution in [0.1, 0.15) is 32.6 Å². The number of hydrogen-bond acceptors (Lipinski definition) is 5. The number of nitrogens with one attached hydrogen (secondary N) is 1. The highest BCUT2D eigenvalue weighted by atomic mass is 32.2. The average Bonchev–Trinajstić information content (AvgIpc) is 2.42. The molecule has 1 saturated carbocycles. The number of nitrogen functional groups attached to an aromatic ring is 1. The highest BCUT2D eigenvalue weighted by Crippen LogP contribution is 2.28. The lowest BCUT2D eigenvalue weighted by Gasteiger charge is -2.30. The molecule has 1 aliphatic rings. The number of rotatable bonds is 5. The van der Waals surface area contributed by atoms with Crippen molar-refractivity contribution >= 4 is 21.5 Å².